The Morgan fingerprint density at radius 2 is 2.00 bits per heavy atom. The van der Waals surface area contributed by atoms with Crippen LogP contribution in [0.1, 0.15) is 12.0 Å². The minimum absolute atomic E-state index is 0.0917. The van der Waals surface area contributed by atoms with Gasteiger partial charge in [0.05, 0.1) is 13.3 Å². The third-order valence-electron chi connectivity index (χ3n) is 4.17. The molecule has 1 aliphatic heterocycles. The van der Waals surface area contributed by atoms with Crippen molar-refractivity contribution >= 4 is 46.6 Å². The number of methoxy groups -OCH3 is 1. The lowest BCUT2D eigenvalue weighted by molar-refractivity contribution is -0.139. The van der Waals surface area contributed by atoms with Crippen molar-refractivity contribution in [3.8, 4) is 11.5 Å². The van der Waals surface area contributed by atoms with E-state index in [9.17, 15) is 18.8 Å². The zero-order chi connectivity index (χ0) is 23.8. The number of carbonyl (C=O) groups is 3. The molecule has 33 heavy (non-hydrogen) atoms. The van der Waals surface area contributed by atoms with Crippen molar-refractivity contribution in [2.24, 2.45) is 10.2 Å². The minimum Gasteiger partial charge on any atom is -0.493 e. The number of amidine groups is 1. The van der Waals surface area contributed by atoms with Gasteiger partial charge in [-0.05, 0) is 48.0 Å². The number of nitrogens with one attached hydrogen (secondary N) is 2. The monoisotopic (exact) mass is 474 g/mol. The summed E-state index contributed by atoms with van der Waals surface area (Å²) >= 11 is 1.07. The van der Waals surface area contributed by atoms with Crippen molar-refractivity contribution in [3.63, 3.8) is 0 Å². The largest absolute Gasteiger partial charge is 0.493 e. The Morgan fingerprint density at radius 3 is 2.70 bits per heavy atom. The van der Waals surface area contributed by atoms with Crippen LogP contribution in [0.25, 0.3) is 0 Å². The number of benzene rings is 2. The molecule has 0 aromatic heterocycles. The number of thioether (sulfide) groups is 1. The van der Waals surface area contributed by atoms with Gasteiger partial charge in [-0.2, -0.15) is 5.10 Å². The van der Waals surface area contributed by atoms with Crippen molar-refractivity contribution < 1.29 is 33.4 Å². The van der Waals surface area contributed by atoms with E-state index in [0.29, 0.717) is 17.0 Å². The van der Waals surface area contributed by atoms with Crippen LogP contribution in [0.4, 0.5) is 10.1 Å². The summed E-state index contributed by atoms with van der Waals surface area (Å²) in [5, 5.41) is 21.3. The molecular weight excluding hydrogens is 455 g/mol. The fraction of sp³-hybridized carbons (Fsp3) is 0.190. The van der Waals surface area contributed by atoms with E-state index in [-0.39, 0.29) is 23.2 Å². The van der Waals surface area contributed by atoms with Crippen LogP contribution in [0.15, 0.2) is 52.7 Å². The molecule has 1 unspecified atom stereocenters. The number of carboxylic acid groups (broad SMARTS) is 1. The standard InChI is InChI=1S/C21H19FN4O6S/c1-31-16-8-12(2-7-15(16)32-11-19(28)29)10-23-26-21-25-20(30)17(33-21)9-18(27)24-14-5-3-13(22)4-6-14/h2-8,10,17H,9,11H2,1H3,(H,24,27)(H,28,29)(H,25,26,30). The van der Waals surface area contributed by atoms with E-state index in [1.807, 2.05) is 0 Å². The normalized spacial score (nSPS) is 16.6. The van der Waals surface area contributed by atoms with E-state index in [0.717, 1.165) is 11.8 Å². The molecule has 1 heterocycles. The summed E-state index contributed by atoms with van der Waals surface area (Å²) in [6.45, 7) is -0.503. The lowest BCUT2D eigenvalue weighted by atomic mass is 10.2. The second kappa shape index (κ2) is 11.1. The van der Waals surface area contributed by atoms with Gasteiger partial charge in [-0.3, -0.25) is 9.59 Å². The van der Waals surface area contributed by atoms with E-state index in [2.05, 4.69) is 20.8 Å². The van der Waals surface area contributed by atoms with Crippen molar-refractivity contribution in [1.29, 1.82) is 0 Å². The Labute approximate surface area is 191 Å². The molecular formula is C21H19FN4O6S. The summed E-state index contributed by atoms with van der Waals surface area (Å²) in [4.78, 5) is 34.9. The van der Waals surface area contributed by atoms with E-state index in [1.165, 1.54) is 43.7 Å². The van der Waals surface area contributed by atoms with Crippen LogP contribution in [0, 0.1) is 5.82 Å². The molecule has 0 saturated carbocycles. The topological polar surface area (TPSA) is 139 Å². The maximum atomic E-state index is 12.9. The lowest BCUT2D eigenvalue weighted by Gasteiger charge is -2.09. The molecule has 2 amide bonds. The van der Waals surface area contributed by atoms with E-state index >= 15 is 0 Å². The number of amides is 2. The predicted molar refractivity (Wildman–Crippen MR) is 120 cm³/mol. The molecule has 3 rings (SSSR count). The number of hydrogen-bond acceptors (Lipinski definition) is 8. The number of ether oxygens (including phenoxy) is 2. The van der Waals surface area contributed by atoms with Crippen molar-refractivity contribution in [2.75, 3.05) is 19.0 Å². The molecule has 0 spiro atoms. The van der Waals surface area contributed by atoms with Gasteiger partial charge in [0.2, 0.25) is 11.8 Å². The molecule has 0 bridgehead atoms. The van der Waals surface area contributed by atoms with Gasteiger partial charge in [0.1, 0.15) is 11.1 Å². The third kappa shape index (κ3) is 7.04. The van der Waals surface area contributed by atoms with E-state index in [4.69, 9.17) is 14.6 Å². The number of halogens is 1. The van der Waals surface area contributed by atoms with Gasteiger partial charge in [0.15, 0.2) is 23.3 Å². The summed E-state index contributed by atoms with van der Waals surface area (Å²) in [6, 6.07) is 10.1. The summed E-state index contributed by atoms with van der Waals surface area (Å²) in [7, 11) is 1.42. The molecule has 172 valence electrons. The molecule has 2 aromatic carbocycles. The Balaban J connectivity index is 1.56. The first-order valence-corrected chi connectivity index (χ1v) is 10.4. The molecule has 1 fully saturated rings. The van der Waals surface area contributed by atoms with E-state index < -0.39 is 29.6 Å². The van der Waals surface area contributed by atoms with Crippen LogP contribution in [0.5, 0.6) is 11.5 Å². The minimum atomic E-state index is -1.11. The number of carboxylic acids is 1. The maximum Gasteiger partial charge on any atom is 0.341 e. The Morgan fingerprint density at radius 1 is 1.24 bits per heavy atom. The highest BCUT2D eigenvalue weighted by atomic mass is 32.2. The molecule has 2 aromatic rings. The second-order valence-corrected chi connectivity index (χ2v) is 7.79. The smallest absolute Gasteiger partial charge is 0.341 e. The van der Waals surface area contributed by atoms with Crippen molar-refractivity contribution in [2.45, 2.75) is 11.7 Å². The molecule has 0 aliphatic carbocycles. The highest BCUT2D eigenvalue weighted by molar-refractivity contribution is 8.15. The fourth-order valence-corrected chi connectivity index (χ4v) is 3.60. The van der Waals surface area contributed by atoms with Gasteiger partial charge in [0.25, 0.3) is 0 Å². The Kier molecular flexibility index (Phi) is 7.97. The number of aliphatic carboxylic acids is 1. The van der Waals surface area contributed by atoms with Gasteiger partial charge in [-0.1, -0.05) is 11.8 Å². The van der Waals surface area contributed by atoms with Gasteiger partial charge < -0.3 is 25.2 Å². The van der Waals surface area contributed by atoms with Crippen LogP contribution in [-0.2, 0) is 14.4 Å². The average molecular weight is 474 g/mol. The van der Waals surface area contributed by atoms with Crippen LogP contribution < -0.4 is 20.1 Å². The summed E-state index contributed by atoms with van der Waals surface area (Å²) in [6.07, 6.45) is 1.32. The van der Waals surface area contributed by atoms with Gasteiger partial charge in [-0.15, -0.1) is 5.10 Å². The first-order valence-electron chi connectivity index (χ1n) is 9.50. The zero-order valence-electron chi connectivity index (χ0n) is 17.3. The molecule has 12 heteroatoms. The Hall–Kier alpha value is -3.93. The van der Waals surface area contributed by atoms with E-state index in [1.54, 1.807) is 12.1 Å². The number of carbonyl (C=O) groups excluding carboxylic acids is 2. The molecule has 1 atom stereocenters. The molecule has 0 radical (unpaired) electrons. The maximum absolute atomic E-state index is 12.9. The molecule has 3 N–H and O–H groups in total. The van der Waals surface area contributed by atoms with Crippen LogP contribution in [0.3, 0.4) is 0 Å². The lowest BCUT2D eigenvalue weighted by Crippen LogP contribution is -2.28. The first-order chi connectivity index (χ1) is 15.8. The van der Waals surface area contributed by atoms with Crippen LogP contribution in [-0.4, -0.2) is 53.2 Å². The first kappa shape index (κ1) is 23.7. The summed E-state index contributed by atoms with van der Waals surface area (Å²) in [5.41, 5.74) is 1.03. The average Bonchev–Trinajstić information content (AvgIpc) is 3.12. The van der Waals surface area contributed by atoms with Gasteiger partial charge in [0, 0.05) is 12.1 Å². The predicted octanol–water partition coefficient (Wildman–Crippen LogP) is 2.25. The SMILES string of the molecule is COc1cc(C=NN=C2NC(=O)C(CC(=O)Nc3ccc(F)cc3)S2)ccc1OCC(=O)O. The highest BCUT2D eigenvalue weighted by Gasteiger charge is 2.32. The third-order valence-corrected chi connectivity index (χ3v) is 5.24. The number of nitrogens with zero attached hydrogens (tertiary/aromatic N) is 2. The number of rotatable bonds is 9. The number of anilines is 1. The Bertz CT molecular complexity index is 1110. The second-order valence-electron chi connectivity index (χ2n) is 6.60. The molecule has 1 aliphatic rings. The van der Waals surface area contributed by atoms with Gasteiger partial charge in [-0.25, -0.2) is 9.18 Å². The van der Waals surface area contributed by atoms with Crippen molar-refractivity contribution in [3.05, 3.63) is 53.8 Å². The molecule has 1 saturated heterocycles. The fourth-order valence-electron chi connectivity index (χ4n) is 2.67. The number of hydrogen-bond donors (Lipinski definition) is 3. The van der Waals surface area contributed by atoms with Crippen LogP contribution in [0.2, 0.25) is 0 Å². The zero-order valence-corrected chi connectivity index (χ0v) is 18.1. The summed E-state index contributed by atoms with van der Waals surface area (Å²) in [5.74, 6) is -1.70. The molecule has 10 nitrogen and oxygen atoms in total. The van der Waals surface area contributed by atoms with Crippen molar-refractivity contribution in [1.82, 2.24) is 5.32 Å². The highest BCUT2D eigenvalue weighted by Crippen LogP contribution is 2.27. The summed E-state index contributed by atoms with van der Waals surface area (Å²) < 4.78 is 23.3. The quantitative estimate of drug-likeness (QED) is 0.374. The van der Waals surface area contributed by atoms with Gasteiger partial charge >= 0.3 is 5.97 Å². The van der Waals surface area contributed by atoms with Crippen LogP contribution >= 0.6 is 11.8 Å².